The molecule has 4 aromatic carbocycles. The minimum Gasteiger partial charge on any atom is -0.478 e. The fourth-order valence-corrected chi connectivity index (χ4v) is 7.40. The summed E-state index contributed by atoms with van der Waals surface area (Å²) in [6.07, 6.45) is 0. The van der Waals surface area contributed by atoms with Crippen LogP contribution in [-0.4, -0.2) is 41.0 Å². The Morgan fingerprint density at radius 3 is 1.50 bits per heavy atom. The van der Waals surface area contributed by atoms with Gasteiger partial charge < -0.3 is 35.0 Å². The molecule has 56 heavy (non-hydrogen) atoms. The van der Waals surface area contributed by atoms with Crippen molar-refractivity contribution in [1.82, 2.24) is 39.9 Å². The molecule has 9 rings (SSSR count). The van der Waals surface area contributed by atoms with Crippen LogP contribution < -0.4 is 9.97 Å². The van der Waals surface area contributed by atoms with E-state index in [1.165, 1.54) is 0 Å². The van der Waals surface area contributed by atoms with Crippen molar-refractivity contribution >= 4 is 50.1 Å². The summed E-state index contributed by atoms with van der Waals surface area (Å²) in [4.78, 5) is 52.9. The van der Waals surface area contributed by atoms with Gasteiger partial charge in [0, 0.05) is 44.8 Å². The summed E-state index contributed by atoms with van der Waals surface area (Å²) in [5.41, 5.74) is 7.74. The maximum Gasteiger partial charge on any atom is 2.00 e. The second-order valence-corrected chi connectivity index (χ2v) is 17.5. The second-order valence-electron chi connectivity index (χ2n) is 17.5. The Bertz CT molecular complexity index is 2980. The third kappa shape index (κ3) is 6.09. The SMILES string of the molecule is CC(C)(C)c1ccc2c3nc4nc(nc5[n-]c(nc6nc(nc([n-]3)c2c1)-c1ccc(C(=O)O)cc1-6)c1ccc(C(C)(C)C)cc51)-c1c-4cccc1C(C)(C)C.[Zn+2]. The van der Waals surface area contributed by atoms with Gasteiger partial charge in [0.1, 0.15) is 0 Å². The van der Waals surface area contributed by atoms with Gasteiger partial charge in [-0.2, -0.15) is 0 Å². The molecule has 8 bridgehead atoms. The maximum absolute atomic E-state index is 12.2. The smallest absolute Gasteiger partial charge is 0.478 e. The minimum absolute atomic E-state index is 0. The molecule has 0 atom stereocenters. The van der Waals surface area contributed by atoms with E-state index in [1.807, 2.05) is 18.2 Å². The molecule has 0 amide bonds. The molecule has 274 valence electrons. The van der Waals surface area contributed by atoms with E-state index in [1.54, 1.807) is 18.2 Å². The molecule has 0 aliphatic carbocycles. The summed E-state index contributed by atoms with van der Waals surface area (Å²) in [7, 11) is 0. The molecule has 0 spiro atoms. The Morgan fingerprint density at radius 2 is 0.982 bits per heavy atom. The molecule has 2 aliphatic heterocycles. The summed E-state index contributed by atoms with van der Waals surface area (Å²) in [6, 6.07) is 23.6. The summed E-state index contributed by atoms with van der Waals surface area (Å²) < 4.78 is 0. The summed E-state index contributed by atoms with van der Waals surface area (Å²) in [6.45, 7) is 19.6. The predicted octanol–water partition coefficient (Wildman–Crippen LogP) is 9.72. The van der Waals surface area contributed by atoms with Gasteiger partial charge in [-0.3, -0.25) is 0 Å². The second kappa shape index (κ2) is 12.7. The standard InChI is InChI=1S/C45H41N8O2.Zn/c1-43(2,3)23-14-17-26-30(20-23)39-49-34-25-16-13-22(42(54)55)19-29(25)38(47-34)48-36-27-18-15-24(44(4,5)6)21-31(27)40(51-36)53-41-33-28(37(52-41)46-35(26)50-39)11-10-12-32(33)45(7,8)9;/h10-21H,1-9H3,(H2-,46,47,48,49,50,51,52,53,54,55);/q-1;+2/p-1. The summed E-state index contributed by atoms with van der Waals surface area (Å²) in [5, 5.41) is 13.2. The molecule has 0 saturated heterocycles. The molecule has 7 aromatic rings. The van der Waals surface area contributed by atoms with Crippen LogP contribution in [0.25, 0.3) is 89.7 Å². The predicted molar refractivity (Wildman–Crippen MR) is 217 cm³/mol. The average Bonchev–Trinajstić information content (AvgIpc) is 3.85. The Hall–Kier alpha value is -5.67. The average molecular weight is 790 g/mol. The number of rotatable bonds is 1. The quantitative estimate of drug-likeness (QED) is 0.160. The normalized spacial score (nSPS) is 12.7. The number of hydrogen-bond acceptors (Lipinski definition) is 7. The van der Waals surface area contributed by atoms with Crippen LogP contribution in [0, 0.1) is 0 Å². The van der Waals surface area contributed by atoms with Gasteiger partial charge in [-0.25, -0.2) is 14.8 Å². The number of hydrogen-bond donors (Lipinski definition) is 1. The third-order valence-corrected chi connectivity index (χ3v) is 10.5. The van der Waals surface area contributed by atoms with E-state index in [4.69, 9.17) is 39.9 Å². The van der Waals surface area contributed by atoms with E-state index in [9.17, 15) is 9.90 Å². The molecule has 1 N–H and O–H groups in total. The molecular formula is C45H40N8O2Zn. The zero-order valence-corrected chi connectivity index (χ0v) is 36.0. The van der Waals surface area contributed by atoms with Crippen LogP contribution in [0.4, 0.5) is 0 Å². The van der Waals surface area contributed by atoms with Gasteiger partial charge in [-0.1, -0.05) is 111 Å². The zero-order chi connectivity index (χ0) is 38.8. The van der Waals surface area contributed by atoms with Crippen molar-refractivity contribution in [2.45, 2.75) is 78.6 Å². The van der Waals surface area contributed by atoms with Gasteiger partial charge in [-0.15, -0.1) is 0 Å². The number of carboxylic acid groups (broad SMARTS) is 1. The Morgan fingerprint density at radius 1 is 0.500 bits per heavy atom. The van der Waals surface area contributed by atoms with E-state index in [0.29, 0.717) is 57.0 Å². The van der Waals surface area contributed by atoms with E-state index < -0.39 is 5.97 Å². The fourth-order valence-electron chi connectivity index (χ4n) is 7.40. The molecular weight excluding hydrogens is 750 g/mol. The monoisotopic (exact) mass is 788 g/mol. The van der Waals surface area contributed by atoms with Crippen LogP contribution >= 0.6 is 0 Å². The van der Waals surface area contributed by atoms with Crippen LogP contribution in [0.2, 0.25) is 0 Å². The fraction of sp³-hybridized carbons (Fsp3) is 0.267. The number of aromatic carboxylic acids is 1. The van der Waals surface area contributed by atoms with E-state index >= 15 is 0 Å². The Labute approximate surface area is 337 Å². The largest absolute Gasteiger partial charge is 2.00 e. The van der Waals surface area contributed by atoms with Crippen molar-refractivity contribution in [3.63, 3.8) is 0 Å². The van der Waals surface area contributed by atoms with Crippen LogP contribution in [-0.2, 0) is 35.7 Å². The van der Waals surface area contributed by atoms with Crippen molar-refractivity contribution in [3.8, 4) is 45.6 Å². The zero-order valence-electron chi connectivity index (χ0n) is 33.1. The first-order valence-corrected chi connectivity index (χ1v) is 18.5. The van der Waals surface area contributed by atoms with Crippen molar-refractivity contribution < 1.29 is 29.4 Å². The Balaban J connectivity index is 0.00000441. The van der Waals surface area contributed by atoms with Gasteiger partial charge in [-0.05, 0) is 78.7 Å². The van der Waals surface area contributed by atoms with Crippen LogP contribution in [0.5, 0.6) is 0 Å². The topological polar surface area (TPSA) is 143 Å². The molecule has 11 heteroatoms. The first kappa shape index (κ1) is 37.3. The van der Waals surface area contributed by atoms with Gasteiger partial charge in [0.05, 0.1) is 28.9 Å². The van der Waals surface area contributed by atoms with E-state index in [2.05, 4.69) is 98.7 Å². The number of aromatic nitrogens is 8. The van der Waals surface area contributed by atoms with Crippen molar-refractivity contribution in [1.29, 1.82) is 0 Å². The molecule has 5 heterocycles. The number of carbonyl (C=O) groups is 1. The number of fused-ring (bicyclic) bond motifs is 20. The van der Waals surface area contributed by atoms with Gasteiger partial charge in [0.15, 0.2) is 0 Å². The van der Waals surface area contributed by atoms with Gasteiger partial charge >= 0.3 is 25.4 Å². The van der Waals surface area contributed by atoms with Crippen LogP contribution in [0.15, 0.2) is 72.8 Å². The van der Waals surface area contributed by atoms with Crippen LogP contribution in [0.1, 0.15) is 89.4 Å². The van der Waals surface area contributed by atoms with Gasteiger partial charge in [0.2, 0.25) is 0 Å². The summed E-state index contributed by atoms with van der Waals surface area (Å²) >= 11 is 0. The maximum atomic E-state index is 12.2. The molecule has 0 saturated carbocycles. The molecule has 0 fully saturated rings. The molecule has 3 aromatic heterocycles. The Kier molecular flexibility index (Phi) is 8.44. The molecule has 0 unspecified atom stereocenters. The summed E-state index contributed by atoms with van der Waals surface area (Å²) in [5.74, 6) is 0.648. The van der Waals surface area contributed by atoms with Crippen LogP contribution in [0.3, 0.4) is 0 Å². The van der Waals surface area contributed by atoms with Crippen molar-refractivity contribution in [2.75, 3.05) is 0 Å². The molecule has 0 radical (unpaired) electrons. The minimum atomic E-state index is -1.05. The third-order valence-electron chi connectivity index (χ3n) is 10.5. The first-order valence-electron chi connectivity index (χ1n) is 18.5. The molecule has 2 aliphatic rings. The van der Waals surface area contributed by atoms with Crippen molar-refractivity contribution in [2.24, 2.45) is 0 Å². The van der Waals surface area contributed by atoms with Crippen molar-refractivity contribution in [3.05, 3.63) is 95.1 Å². The van der Waals surface area contributed by atoms with E-state index in [-0.39, 0.29) is 41.3 Å². The number of nitrogens with zero attached hydrogens (tertiary/aromatic N) is 8. The van der Waals surface area contributed by atoms with E-state index in [0.717, 1.165) is 49.4 Å². The van der Waals surface area contributed by atoms with Gasteiger partial charge in [0.25, 0.3) is 0 Å². The number of carboxylic acids is 1. The molecule has 10 nitrogen and oxygen atoms in total. The first-order chi connectivity index (χ1) is 25.9. The number of benzene rings is 4.